The average molecular weight is 163 g/mol. The van der Waals surface area contributed by atoms with Gasteiger partial charge in [0.2, 0.25) is 0 Å². The molecule has 0 amide bonds. The molecule has 0 bridgehead atoms. The maximum atomic E-state index is 10.4. The molecule has 0 N–H and O–H groups in total. The zero-order valence-corrected chi connectivity index (χ0v) is 6.42. The van der Waals surface area contributed by atoms with Gasteiger partial charge < -0.3 is 4.74 Å². The summed E-state index contributed by atoms with van der Waals surface area (Å²) in [6, 6.07) is 0. The van der Waals surface area contributed by atoms with Crippen molar-refractivity contribution in [2.45, 2.75) is 6.92 Å². The van der Waals surface area contributed by atoms with Crippen molar-refractivity contribution in [3.8, 4) is 5.19 Å². The summed E-state index contributed by atoms with van der Waals surface area (Å²) in [7, 11) is 2.36. The summed E-state index contributed by atoms with van der Waals surface area (Å²) >= 11 is 0. The molecule has 1 heterocycles. The van der Waals surface area contributed by atoms with Crippen LogP contribution in [0.1, 0.15) is 6.92 Å². The van der Waals surface area contributed by atoms with E-state index in [1.165, 1.54) is 10.3 Å². The number of rotatable bonds is 2. The zero-order valence-electron chi connectivity index (χ0n) is 4.79. The summed E-state index contributed by atoms with van der Waals surface area (Å²) in [6.45, 7) is 2.43. The fourth-order valence-electron chi connectivity index (χ4n) is 0.363. The minimum Gasteiger partial charge on any atom is -0.470 e. The smallest absolute Gasteiger partial charge is 0.340 e. The van der Waals surface area contributed by atoms with Crippen molar-refractivity contribution in [2.24, 2.45) is 0 Å². The van der Waals surface area contributed by atoms with Crippen molar-refractivity contribution in [3.05, 3.63) is 9.67 Å². The lowest BCUT2D eigenvalue weighted by atomic mass is 10.9. The molecule has 0 aromatic carbocycles. The third kappa shape index (κ3) is 1.76. The van der Waals surface area contributed by atoms with Gasteiger partial charge in [-0.1, -0.05) is 0 Å². The summed E-state index contributed by atoms with van der Waals surface area (Å²) in [5.74, 6) is 0. The van der Waals surface area contributed by atoms with E-state index in [1.807, 2.05) is 6.92 Å². The van der Waals surface area contributed by atoms with E-state index in [0.717, 1.165) is 10.3 Å². The minimum atomic E-state index is -0.177. The molecule has 9 heavy (non-hydrogen) atoms. The summed E-state index contributed by atoms with van der Waals surface area (Å²) < 4.78 is 4.94. The molecule has 0 saturated carbocycles. The number of nitrogens with zero attached hydrogens (tertiary/aromatic N) is 1. The highest BCUT2D eigenvalue weighted by molar-refractivity contribution is 7.68. The van der Waals surface area contributed by atoms with Gasteiger partial charge in [0.15, 0.2) is 0 Å². The highest BCUT2D eigenvalue weighted by Crippen LogP contribution is 2.14. The number of hydrogen-bond acceptors (Lipinski definition) is 5. The second kappa shape index (κ2) is 2.93. The predicted molar refractivity (Wildman–Crippen MR) is 37.4 cm³/mol. The van der Waals surface area contributed by atoms with E-state index in [4.69, 9.17) is 4.74 Å². The maximum absolute atomic E-state index is 10.4. The molecule has 0 aliphatic heterocycles. The first-order valence-electron chi connectivity index (χ1n) is 2.43. The van der Waals surface area contributed by atoms with Crippen molar-refractivity contribution in [3.63, 3.8) is 0 Å². The molecular weight excluding hydrogens is 158 g/mol. The van der Waals surface area contributed by atoms with E-state index in [9.17, 15) is 4.79 Å². The van der Waals surface area contributed by atoms with Crippen LogP contribution < -0.4 is 9.61 Å². The molecule has 1 aromatic heterocycles. The van der Waals surface area contributed by atoms with Crippen LogP contribution in [0.3, 0.4) is 0 Å². The van der Waals surface area contributed by atoms with Gasteiger partial charge in [0.25, 0.3) is 5.19 Å². The lowest BCUT2D eigenvalue weighted by Crippen LogP contribution is -1.96. The van der Waals surface area contributed by atoms with Crippen LogP contribution in [0.2, 0.25) is 0 Å². The molecule has 1 rings (SSSR count). The van der Waals surface area contributed by atoms with E-state index in [2.05, 4.69) is 4.98 Å². The topological polar surface area (TPSA) is 39.2 Å². The Morgan fingerprint density at radius 1 is 1.67 bits per heavy atom. The van der Waals surface area contributed by atoms with E-state index in [-0.39, 0.29) is 4.87 Å². The molecule has 1 aromatic rings. The Morgan fingerprint density at radius 3 is 2.89 bits per heavy atom. The molecule has 0 radical (unpaired) electrons. The first-order valence-corrected chi connectivity index (χ1v) is 4.58. The van der Waals surface area contributed by atoms with Gasteiger partial charge in [-0.3, -0.25) is 4.79 Å². The summed E-state index contributed by atoms with van der Waals surface area (Å²) in [6.07, 6.45) is 0. The summed E-state index contributed by atoms with van der Waals surface area (Å²) in [5, 5.41) is 0.479. The lowest BCUT2D eigenvalue weighted by molar-refractivity contribution is 0.337. The van der Waals surface area contributed by atoms with Crippen molar-refractivity contribution in [2.75, 3.05) is 6.61 Å². The molecule has 0 unspecified atom stereocenters. The van der Waals surface area contributed by atoms with Crippen molar-refractivity contribution < 1.29 is 4.74 Å². The van der Waals surface area contributed by atoms with Crippen LogP contribution in [-0.4, -0.2) is 11.6 Å². The van der Waals surface area contributed by atoms with Gasteiger partial charge in [0.1, 0.15) is 0 Å². The standard InChI is InChI=1S/C4H5NO2S2/c1-2-7-4-5-3(6)8-9-4/h2H2,1H3. The van der Waals surface area contributed by atoms with Crippen molar-refractivity contribution >= 4 is 20.7 Å². The predicted octanol–water partition coefficient (Wildman–Crippen LogP) is 0.963. The Hall–Kier alpha value is -0.420. The largest absolute Gasteiger partial charge is 0.470 e. The third-order valence-electron chi connectivity index (χ3n) is 0.635. The van der Waals surface area contributed by atoms with Crippen LogP contribution in [-0.2, 0) is 0 Å². The van der Waals surface area contributed by atoms with Crippen LogP contribution in [0.5, 0.6) is 5.19 Å². The average Bonchev–Trinajstić information content (AvgIpc) is 2.17. The van der Waals surface area contributed by atoms with Gasteiger partial charge in [0, 0.05) is 0 Å². The molecule has 0 fully saturated rings. The van der Waals surface area contributed by atoms with Crippen LogP contribution in [0, 0.1) is 0 Å². The molecule has 50 valence electrons. The molecule has 5 heteroatoms. The van der Waals surface area contributed by atoms with Gasteiger partial charge >= 0.3 is 4.87 Å². The number of ether oxygens (including phenoxy) is 1. The Labute approximate surface area is 59.3 Å². The molecule has 0 aliphatic carbocycles. The van der Waals surface area contributed by atoms with Crippen LogP contribution in [0.25, 0.3) is 0 Å². The normalized spacial score (nSPS) is 9.44. The highest BCUT2D eigenvalue weighted by Gasteiger charge is 1.96. The summed E-state index contributed by atoms with van der Waals surface area (Å²) in [4.78, 5) is 13.8. The van der Waals surface area contributed by atoms with Crippen LogP contribution in [0.4, 0.5) is 0 Å². The van der Waals surface area contributed by atoms with Gasteiger partial charge in [-0.05, 0) is 27.6 Å². The molecule has 0 spiro atoms. The molecule has 0 aliphatic rings. The Balaban J connectivity index is 2.73. The zero-order chi connectivity index (χ0) is 6.69. The highest BCUT2D eigenvalue weighted by atomic mass is 32.9. The molecule has 3 nitrogen and oxygen atoms in total. The van der Waals surface area contributed by atoms with E-state index >= 15 is 0 Å². The molecule has 0 saturated heterocycles. The fourth-order valence-corrected chi connectivity index (χ4v) is 1.77. The van der Waals surface area contributed by atoms with Gasteiger partial charge in [-0.25, -0.2) is 0 Å². The SMILES string of the molecule is CCOc1nc(=O)ss1. The lowest BCUT2D eigenvalue weighted by Gasteiger charge is -1.90. The van der Waals surface area contributed by atoms with E-state index < -0.39 is 0 Å². The van der Waals surface area contributed by atoms with Crippen molar-refractivity contribution in [1.29, 1.82) is 0 Å². The number of hydrogen-bond donors (Lipinski definition) is 0. The molecule has 0 atom stereocenters. The summed E-state index contributed by atoms with van der Waals surface area (Å²) in [5.41, 5.74) is 0. The van der Waals surface area contributed by atoms with Gasteiger partial charge in [-0.15, -0.1) is 0 Å². The van der Waals surface area contributed by atoms with Gasteiger partial charge in [0.05, 0.1) is 6.61 Å². The second-order valence-electron chi connectivity index (χ2n) is 1.24. The maximum Gasteiger partial charge on any atom is 0.340 e. The fraction of sp³-hybridized carbons (Fsp3) is 0.500. The van der Waals surface area contributed by atoms with Gasteiger partial charge in [-0.2, -0.15) is 4.98 Å². The monoisotopic (exact) mass is 163 g/mol. The quantitative estimate of drug-likeness (QED) is 0.610. The Bertz CT molecular complexity index is 228. The Morgan fingerprint density at radius 2 is 2.44 bits per heavy atom. The second-order valence-corrected chi connectivity index (χ2v) is 3.28. The number of aromatic nitrogens is 1. The third-order valence-corrected chi connectivity index (χ3v) is 2.41. The molecular formula is C4H5NO2S2. The first-order chi connectivity index (χ1) is 4.33. The van der Waals surface area contributed by atoms with Crippen LogP contribution >= 0.6 is 20.7 Å². The van der Waals surface area contributed by atoms with E-state index in [1.54, 1.807) is 0 Å². The van der Waals surface area contributed by atoms with E-state index in [0.29, 0.717) is 11.8 Å². The Kier molecular flexibility index (Phi) is 2.18. The van der Waals surface area contributed by atoms with Crippen molar-refractivity contribution in [1.82, 2.24) is 4.98 Å². The minimum absolute atomic E-state index is 0.177. The van der Waals surface area contributed by atoms with Crippen LogP contribution in [0.15, 0.2) is 4.79 Å². The first kappa shape index (κ1) is 6.70.